The quantitative estimate of drug-likeness (QED) is 0.716. The van der Waals surface area contributed by atoms with Crippen LogP contribution in [0.5, 0.6) is 0 Å². The Morgan fingerprint density at radius 3 is 2.38 bits per heavy atom. The van der Waals surface area contributed by atoms with E-state index in [4.69, 9.17) is 0 Å². The number of hydrogen-bond acceptors (Lipinski definition) is 1. The van der Waals surface area contributed by atoms with Gasteiger partial charge in [0.05, 0.1) is 5.03 Å². The molecule has 0 radical (unpaired) electrons. The van der Waals surface area contributed by atoms with Crippen LogP contribution in [0.15, 0.2) is 47.5 Å². The van der Waals surface area contributed by atoms with Crippen molar-refractivity contribution in [2.24, 2.45) is 0 Å². The summed E-state index contributed by atoms with van der Waals surface area (Å²) in [6.07, 6.45) is 2.07. The summed E-state index contributed by atoms with van der Waals surface area (Å²) < 4.78 is 0. The summed E-state index contributed by atoms with van der Waals surface area (Å²) in [6.45, 7) is 0. The van der Waals surface area contributed by atoms with E-state index in [1.165, 1.54) is 16.3 Å². The number of hydrogen-bond donors (Lipinski definition) is 1. The lowest BCUT2D eigenvalue weighted by Gasteiger charge is -1.96. The van der Waals surface area contributed by atoms with E-state index in [9.17, 15) is 0 Å². The molecule has 2 aromatic rings. The SMILES string of the molecule is CSc1ccc(-c2ccccc2)[nH]1. The number of benzene rings is 1. The van der Waals surface area contributed by atoms with Gasteiger partial charge < -0.3 is 4.98 Å². The summed E-state index contributed by atoms with van der Waals surface area (Å²) in [6, 6.07) is 14.6. The average Bonchev–Trinajstić information content (AvgIpc) is 2.67. The topological polar surface area (TPSA) is 15.8 Å². The Bertz CT molecular complexity index is 378. The van der Waals surface area contributed by atoms with E-state index >= 15 is 0 Å². The van der Waals surface area contributed by atoms with Crippen LogP contribution in [-0.4, -0.2) is 11.2 Å². The number of thioether (sulfide) groups is 1. The van der Waals surface area contributed by atoms with Crippen molar-refractivity contribution in [2.75, 3.05) is 6.26 Å². The van der Waals surface area contributed by atoms with Crippen LogP contribution >= 0.6 is 11.8 Å². The van der Waals surface area contributed by atoms with Crippen molar-refractivity contribution in [3.05, 3.63) is 42.5 Å². The van der Waals surface area contributed by atoms with Gasteiger partial charge in [0.25, 0.3) is 0 Å². The fourth-order valence-electron chi connectivity index (χ4n) is 1.28. The lowest BCUT2D eigenvalue weighted by atomic mass is 10.2. The largest absolute Gasteiger partial charge is 0.350 e. The van der Waals surface area contributed by atoms with Crippen LogP contribution in [0.2, 0.25) is 0 Å². The highest BCUT2D eigenvalue weighted by atomic mass is 32.2. The normalized spacial score (nSPS) is 10.2. The molecule has 2 heteroatoms. The van der Waals surface area contributed by atoms with E-state index in [0.717, 1.165) is 0 Å². The molecule has 0 aliphatic carbocycles. The highest BCUT2D eigenvalue weighted by molar-refractivity contribution is 7.98. The highest BCUT2D eigenvalue weighted by Gasteiger charge is 1.98. The third-order valence-corrected chi connectivity index (χ3v) is 2.64. The van der Waals surface area contributed by atoms with Crippen molar-refractivity contribution in [3.63, 3.8) is 0 Å². The summed E-state index contributed by atoms with van der Waals surface area (Å²) >= 11 is 1.73. The van der Waals surface area contributed by atoms with E-state index in [2.05, 4.69) is 47.6 Å². The Balaban J connectivity index is 2.36. The van der Waals surface area contributed by atoms with Crippen LogP contribution in [0.1, 0.15) is 0 Å². The zero-order valence-corrected chi connectivity index (χ0v) is 8.27. The zero-order valence-electron chi connectivity index (χ0n) is 7.45. The van der Waals surface area contributed by atoms with Gasteiger partial charge in [0.2, 0.25) is 0 Å². The smallest absolute Gasteiger partial charge is 0.0723 e. The van der Waals surface area contributed by atoms with Gasteiger partial charge in [0.1, 0.15) is 0 Å². The van der Waals surface area contributed by atoms with Crippen LogP contribution in [0.25, 0.3) is 11.3 Å². The molecule has 0 spiro atoms. The summed E-state index contributed by atoms with van der Waals surface area (Å²) in [5.41, 5.74) is 2.42. The van der Waals surface area contributed by atoms with Crippen LogP contribution < -0.4 is 0 Å². The Morgan fingerprint density at radius 1 is 1.00 bits per heavy atom. The molecule has 0 aliphatic rings. The summed E-state index contributed by atoms with van der Waals surface area (Å²) in [5.74, 6) is 0. The molecular weight excluding hydrogens is 178 g/mol. The molecule has 0 saturated carbocycles. The standard InChI is InChI=1S/C11H11NS/c1-13-11-8-7-10(12-11)9-5-3-2-4-6-9/h2-8,12H,1H3. The van der Waals surface area contributed by atoms with Crippen LogP contribution in [0.3, 0.4) is 0 Å². The summed E-state index contributed by atoms with van der Waals surface area (Å²) in [4.78, 5) is 3.34. The zero-order chi connectivity index (χ0) is 9.10. The Kier molecular flexibility index (Phi) is 2.41. The number of aromatic nitrogens is 1. The molecule has 1 nitrogen and oxygen atoms in total. The third kappa shape index (κ3) is 1.78. The fourth-order valence-corrected chi connectivity index (χ4v) is 1.70. The minimum absolute atomic E-state index is 1.19. The van der Waals surface area contributed by atoms with Gasteiger partial charge in [0, 0.05) is 5.69 Å². The summed E-state index contributed by atoms with van der Waals surface area (Å²) in [5, 5.41) is 1.21. The average molecular weight is 189 g/mol. The second-order valence-electron chi connectivity index (χ2n) is 2.81. The molecule has 0 bridgehead atoms. The van der Waals surface area contributed by atoms with Crippen molar-refractivity contribution in [1.29, 1.82) is 0 Å². The van der Waals surface area contributed by atoms with Crippen LogP contribution in [-0.2, 0) is 0 Å². The molecule has 0 amide bonds. The maximum absolute atomic E-state index is 3.34. The molecule has 0 unspecified atom stereocenters. The van der Waals surface area contributed by atoms with Gasteiger partial charge in [0.15, 0.2) is 0 Å². The van der Waals surface area contributed by atoms with Gasteiger partial charge in [-0.15, -0.1) is 11.8 Å². The first-order valence-corrected chi connectivity index (χ1v) is 5.41. The van der Waals surface area contributed by atoms with Crippen molar-refractivity contribution in [2.45, 2.75) is 5.03 Å². The molecule has 1 heterocycles. The lowest BCUT2D eigenvalue weighted by Crippen LogP contribution is -1.75. The van der Waals surface area contributed by atoms with Crippen LogP contribution in [0, 0.1) is 0 Å². The van der Waals surface area contributed by atoms with Crippen molar-refractivity contribution in [1.82, 2.24) is 4.98 Å². The number of H-pyrrole nitrogens is 1. The number of nitrogens with one attached hydrogen (secondary N) is 1. The molecule has 2 rings (SSSR count). The van der Waals surface area contributed by atoms with E-state index in [-0.39, 0.29) is 0 Å². The highest BCUT2D eigenvalue weighted by Crippen LogP contribution is 2.21. The Morgan fingerprint density at radius 2 is 1.77 bits per heavy atom. The minimum atomic E-state index is 1.19. The van der Waals surface area contributed by atoms with Gasteiger partial charge in [-0.05, 0) is 24.0 Å². The molecule has 1 aromatic carbocycles. The molecule has 1 aromatic heterocycles. The van der Waals surface area contributed by atoms with Gasteiger partial charge in [-0.1, -0.05) is 30.3 Å². The van der Waals surface area contributed by atoms with Gasteiger partial charge in [-0.25, -0.2) is 0 Å². The predicted octanol–water partition coefficient (Wildman–Crippen LogP) is 3.40. The first kappa shape index (κ1) is 8.45. The molecule has 0 atom stereocenters. The van der Waals surface area contributed by atoms with E-state index in [1.54, 1.807) is 11.8 Å². The minimum Gasteiger partial charge on any atom is -0.350 e. The molecule has 0 fully saturated rings. The number of aromatic amines is 1. The Labute approximate surface area is 82.2 Å². The van der Waals surface area contributed by atoms with Crippen molar-refractivity contribution in [3.8, 4) is 11.3 Å². The molecule has 0 saturated heterocycles. The maximum atomic E-state index is 3.34. The van der Waals surface area contributed by atoms with Gasteiger partial charge in [-0.3, -0.25) is 0 Å². The molecule has 66 valence electrons. The molecule has 13 heavy (non-hydrogen) atoms. The second kappa shape index (κ2) is 3.71. The van der Waals surface area contributed by atoms with E-state index < -0.39 is 0 Å². The van der Waals surface area contributed by atoms with Gasteiger partial charge in [-0.2, -0.15) is 0 Å². The lowest BCUT2D eigenvalue weighted by molar-refractivity contribution is 1.21. The van der Waals surface area contributed by atoms with Crippen molar-refractivity contribution >= 4 is 11.8 Å². The molecular formula is C11H11NS. The second-order valence-corrected chi connectivity index (χ2v) is 3.65. The third-order valence-electron chi connectivity index (χ3n) is 1.96. The summed E-state index contributed by atoms with van der Waals surface area (Å²) in [7, 11) is 0. The predicted molar refractivity (Wildman–Crippen MR) is 58.0 cm³/mol. The van der Waals surface area contributed by atoms with Crippen LogP contribution in [0.4, 0.5) is 0 Å². The maximum Gasteiger partial charge on any atom is 0.0723 e. The van der Waals surface area contributed by atoms with Gasteiger partial charge >= 0.3 is 0 Å². The molecule has 1 N–H and O–H groups in total. The first-order chi connectivity index (χ1) is 6.40. The van der Waals surface area contributed by atoms with Crippen molar-refractivity contribution < 1.29 is 0 Å². The number of rotatable bonds is 2. The fraction of sp³-hybridized carbons (Fsp3) is 0.0909. The van der Waals surface area contributed by atoms with E-state index in [1.807, 2.05) is 6.07 Å². The molecule has 0 aliphatic heterocycles. The first-order valence-electron chi connectivity index (χ1n) is 4.18. The monoisotopic (exact) mass is 189 g/mol. The Hall–Kier alpha value is -1.15. The van der Waals surface area contributed by atoms with E-state index in [0.29, 0.717) is 0 Å².